The van der Waals surface area contributed by atoms with Gasteiger partial charge in [-0.2, -0.15) is 0 Å². The van der Waals surface area contributed by atoms with E-state index in [2.05, 4.69) is 31.4 Å². The van der Waals surface area contributed by atoms with Crippen molar-refractivity contribution in [2.24, 2.45) is 16.8 Å². The molecule has 2 rings (SSSR count). The molecule has 0 aromatic carbocycles. The predicted molar refractivity (Wildman–Crippen MR) is 112 cm³/mol. The Balaban J connectivity index is 0.00000288. The first-order valence-electron chi connectivity index (χ1n) is 9.16. The van der Waals surface area contributed by atoms with E-state index in [0.29, 0.717) is 30.1 Å². The largest absolute Gasteiger partial charge is 0.354 e. The molecule has 0 aromatic rings. The first-order valence-corrected chi connectivity index (χ1v) is 11.0. The summed E-state index contributed by atoms with van der Waals surface area (Å²) >= 11 is 0. The highest BCUT2D eigenvalue weighted by molar-refractivity contribution is 14.0. The van der Waals surface area contributed by atoms with Crippen LogP contribution in [0.25, 0.3) is 0 Å². The molecule has 1 saturated heterocycles. The predicted octanol–water partition coefficient (Wildman–Crippen LogP) is 2.95. The zero-order valence-electron chi connectivity index (χ0n) is 15.3. The van der Waals surface area contributed by atoms with E-state index >= 15 is 0 Å². The standard InChI is InChI=1S/C17H33N3O2S.HI/c1-4-14(3)19-17(20-16-7-5-6-13(2)10-16)18-11-15-8-9-23(21,22)12-15;/h13-16H,4-12H2,1-3H3,(H2,18,19,20);1H. The van der Waals surface area contributed by atoms with Crippen LogP contribution in [0.1, 0.15) is 59.3 Å². The van der Waals surface area contributed by atoms with Crippen molar-refractivity contribution in [3.8, 4) is 0 Å². The molecule has 5 nitrogen and oxygen atoms in total. The minimum atomic E-state index is -2.82. The lowest BCUT2D eigenvalue weighted by Gasteiger charge is -2.30. The second kappa shape index (κ2) is 10.2. The molecule has 7 heteroatoms. The molecule has 2 N–H and O–H groups in total. The smallest absolute Gasteiger partial charge is 0.191 e. The van der Waals surface area contributed by atoms with Crippen molar-refractivity contribution < 1.29 is 8.42 Å². The van der Waals surface area contributed by atoms with Crippen molar-refractivity contribution >= 4 is 39.8 Å². The normalized spacial score (nSPS) is 31.1. The summed E-state index contributed by atoms with van der Waals surface area (Å²) in [7, 11) is -2.82. The number of nitrogens with one attached hydrogen (secondary N) is 2. The molecule has 0 aromatic heterocycles. The Kier molecular flexibility index (Phi) is 9.33. The molecule has 4 unspecified atom stereocenters. The van der Waals surface area contributed by atoms with Gasteiger partial charge in [-0.05, 0) is 44.4 Å². The summed E-state index contributed by atoms with van der Waals surface area (Å²) in [5, 5.41) is 7.05. The molecule has 4 atom stereocenters. The van der Waals surface area contributed by atoms with Crippen LogP contribution in [0.5, 0.6) is 0 Å². The summed E-state index contributed by atoms with van der Waals surface area (Å²) in [6, 6.07) is 0.857. The van der Waals surface area contributed by atoms with Crippen molar-refractivity contribution in [2.75, 3.05) is 18.1 Å². The molecular weight excluding hydrogens is 437 g/mol. The average Bonchev–Trinajstić information content (AvgIpc) is 2.84. The highest BCUT2D eigenvalue weighted by Gasteiger charge is 2.28. The summed E-state index contributed by atoms with van der Waals surface area (Å²) in [5.41, 5.74) is 0. The molecule has 0 bridgehead atoms. The summed E-state index contributed by atoms with van der Waals surface area (Å²) in [6.45, 7) is 7.23. The average molecular weight is 471 g/mol. The number of halogens is 1. The maximum Gasteiger partial charge on any atom is 0.191 e. The molecule has 24 heavy (non-hydrogen) atoms. The SMILES string of the molecule is CCC(C)NC(=NCC1CCS(=O)(=O)C1)NC1CCCC(C)C1.I. The van der Waals surface area contributed by atoms with Gasteiger partial charge in [0.1, 0.15) is 0 Å². The summed E-state index contributed by atoms with van der Waals surface area (Å²) < 4.78 is 23.2. The molecule has 0 amide bonds. The quantitative estimate of drug-likeness (QED) is 0.368. The number of rotatable bonds is 5. The van der Waals surface area contributed by atoms with Gasteiger partial charge in [-0.3, -0.25) is 4.99 Å². The lowest BCUT2D eigenvalue weighted by atomic mass is 9.87. The molecule has 2 fully saturated rings. The van der Waals surface area contributed by atoms with Crippen molar-refractivity contribution in [1.29, 1.82) is 0 Å². The molecule has 1 heterocycles. The van der Waals surface area contributed by atoms with Gasteiger partial charge in [0.2, 0.25) is 0 Å². The minimum absolute atomic E-state index is 0. The van der Waals surface area contributed by atoms with Crippen LogP contribution < -0.4 is 10.6 Å². The van der Waals surface area contributed by atoms with Crippen molar-refractivity contribution in [3.63, 3.8) is 0 Å². The minimum Gasteiger partial charge on any atom is -0.354 e. The number of sulfone groups is 1. The Labute approximate surface area is 164 Å². The van der Waals surface area contributed by atoms with Crippen molar-refractivity contribution in [3.05, 3.63) is 0 Å². The topological polar surface area (TPSA) is 70.6 Å². The fraction of sp³-hybridized carbons (Fsp3) is 0.941. The van der Waals surface area contributed by atoms with Crippen LogP contribution in [0.15, 0.2) is 4.99 Å². The number of hydrogen-bond acceptors (Lipinski definition) is 3. The molecule has 2 aliphatic rings. The Morgan fingerprint density at radius 1 is 1.29 bits per heavy atom. The summed E-state index contributed by atoms with van der Waals surface area (Å²) in [6.07, 6.45) is 6.78. The maximum atomic E-state index is 11.6. The van der Waals surface area contributed by atoms with Gasteiger partial charge in [-0.25, -0.2) is 8.42 Å². The number of hydrogen-bond donors (Lipinski definition) is 2. The third kappa shape index (κ3) is 7.45. The van der Waals surface area contributed by atoms with Crippen LogP contribution in [0, 0.1) is 11.8 Å². The van der Waals surface area contributed by atoms with E-state index in [0.717, 1.165) is 24.7 Å². The van der Waals surface area contributed by atoms with Gasteiger partial charge < -0.3 is 10.6 Å². The maximum absolute atomic E-state index is 11.6. The Morgan fingerprint density at radius 2 is 2.04 bits per heavy atom. The van der Waals surface area contributed by atoms with Gasteiger partial charge in [0.05, 0.1) is 11.5 Å². The first kappa shape index (κ1) is 22.0. The number of aliphatic imine (C=N–C) groups is 1. The molecule has 0 radical (unpaired) electrons. The van der Waals surface area contributed by atoms with Gasteiger partial charge >= 0.3 is 0 Å². The van der Waals surface area contributed by atoms with Gasteiger partial charge in [0.25, 0.3) is 0 Å². The Morgan fingerprint density at radius 3 is 2.62 bits per heavy atom. The monoisotopic (exact) mass is 471 g/mol. The van der Waals surface area contributed by atoms with Crippen molar-refractivity contribution in [1.82, 2.24) is 10.6 Å². The lowest BCUT2D eigenvalue weighted by Crippen LogP contribution is -2.48. The van der Waals surface area contributed by atoms with Gasteiger partial charge in [0.15, 0.2) is 15.8 Å². The zero-order chi connectivity index (χ0) is 16.9. The van der Waals surface area contributed by atoms with Crippen molar-refractivity contribution in [2.45, 2.75) is 71.4 Å². The molecule has 0 spiro atoms. The highest BCUT2D eigenvalue weighted by Crippen LogP contribution is 2.23. The Bertz CT molecular complexity index is 510. The van der Waals surface area contributed by atoms with E-state index in [4.69, 9.17) is 4.99 Å². The molecule has 1 aliphatic carbocycles. The molecule has 1 aliphatic heterocycles. The molecule has 142 valence electrons. The van der Waals surface area contributed by atoms with Gasteiger partial charge in [0, 0.05) is 18.6 Å². The Hall–Kier alpha value is -0.0500. The second-order valence-corrected chi connectivity index (χ2v) is 9.75. The van der Waals surface area contributed by atoms with E-state index in [1.807, 2.05) is 0 Å². The number of nitrogens with zero attached hydrogens (tertiary/aromatic N) is 1. The van der Waals surface area contributed by atoms with E-state index in [-0.39, 0.29) is 29.9 Å². The fourth-order valence-corrected chi connectivity index (χ4v) is 5.31. The van der Waals surface area contributed by atoms with E-state index < -0.39 is 9.84 Å². The van der Waals surface area contributed by atoms with Crippen LogP contribution in [0.2, 0.25) is 0 Å². The fourth-order valence-electron chi connectivity index (χ4n) is 3.46. The number of guanidine groups is 1. The summed E-state index contributed by atoms with van der Waals surface area (Å²) in [4.78, 5) is 4.71. The first-order chi connectivity index (χ1) is 10.9. The lowest BCUT2D eigenvalue weighted by molar-refractivity contribution is 0.323. The highest BCUT2D eigenvalue weighted by atomic mass is 127. The van der Waals surface area contributed by atoms with E-state index in [1.54, 1.807) is 0 Å². The molecule has 1 saturated carbocycles. The third-order valence-electron chi connectivity index (χ3n) is 5.11. The van der Waals surface area contributed by atoms with E-state index in [1.165, 1.54) is 25.7 Å². The van der Waals surface area contributed by atoms with Gasteiger partial charge in [-0.15, -0.1) is 24.0 Å². The third-order valence-corrected chi connectivity index (χ3v) is 6.94. The molecular formula is C17H34IN3O2S. The van der Waals surface area contributed by atoms with E-state index in [9.17, 15) is 8.42 Å². The van der Waals surface area contributed by atoms with Crippen LogP contribution in [-0.4, -0.2) is 44.5 Å². The second-order valence-electron chi connectivity index (χ2n) is 7.53. The van der Waals surface area contributed by atoms with Crippen LogP contribution >= 0.6 is 24.0 Å². The van der Waals surface area contributed by atoms with Crippen LogP contribution in [-0.2, 0) is 9.84 Å². The zero-order valence-corrected chi connectivity index (χ0v) is 18.4. The van der Waals surface area contributed by atoms with Crippen LogP contribution in [0.3, 0.4) is 0 Å². The summed E-state index contributed by atoms with van der Waals surface area (Å²) in [5.74, 6) is 2.44. The van der Waals surface area contributed by atoms with Gasteiger partial charge in [-0.1, -0.05) is 26.7 Å². The van der Waals surface area contributed by atoms with Crippen LogP contribution in [0.4, 0.5) is 0 Å².